The van der Waals surface area contributed by atoms with Gasteiger partial charge in [-0.15, -0.1) is 11.3 Å². The van der Waals surface area contributed by atoms with Gasteiger partial charge in [-0.25, -0.2) is 15.0 Å². The Bertz CT molecular complexity index is 699. The van der Waals surface area contributed by atoms with Crippen molar-refractivity contribution in [3.8, 4) is 0 Å². The third kappa shape index (κ3) is 3.00. The summed E-state index contributed by atoms with van der Waals surface area (Å²) in [5, 5.41) is 3.00. The molecule has 0 bridgehead atoms. The standard InChI is InChI=1S/C17H21N5OS/c23-16(13-6-7-19-17(20-13)21-9-3-4-10-21)22-11-2-1-5-14(22)15-18-8-12-24-15/h6-8,12,14H,1-5,9-11H2/t14-/m0/s1. The summed E-state index contributed by atoms with van der Waals surface area (Å²) in [6, 6.07) is 1.81. The molecule has 2 aliphatic heterocycles. The SMILES string of the molecule is O=C(c1ccnc(N2CCCC2)n1)N1CCCC[C@H]1c1nccs1. The van der Waals surface area contributed by atoms with Crippen LogP contribution in [0.15, 0.2) is 23.8 Å². The Balaban J connectivity index is 1.58. The Morgan fingerprint density at radius 3 is 2.71 bits per heavy atom. The maximum Gasteiger partial charge on any atom is 0.273 e. The monoisotopic (exact) mass is 343 g/mol. The lowest BCUT2D eigenvalue weighted by Gasteiger charge is -2.34. The first-order chi connectivity index (χ1) is 11.8. The van der Waals surface area contributed by atoms with Gasteiger partial charge < -0.3 is 9.80 Å². The van der Waals surface area contributed by atoms with Crippen molar-refractivity contribution in [2.75, 3.05) is 24.5 Å². The van der Waals surface area contributed by atoms with E-state index in [9.17, 15) is 4.79 Å². The zero-order valence-corrected chi connectivity index (χ0v) is 14.4. The molecule has 2 aliphatic rings. The molecule has 0 spiro atoms. The van der Waals surface area contributed by atoms with E-state index in [1.807, 2.05) is 16.5 Å². The average molecular weight is 343 g/mol. The van der Waals surface area contributed by atoms with Crippen molar-refractivity contribution in [1.82, 2.24) is 19.9 Å². The van der Waals surface area contributed by atoms with Gasteiger partial charge >= 0.3 is 0 Å². The summed E-state index contributed by atoms with van der Waals surface area (Å²) in [4.78, 5) is 30.5. The molecule has 2 aromatic heterocycles. The Kier molecular flexibility index (Phi) is 4.42. The van der Waals surface area contributed by atoms with E-state index in [1.165, 1.54) is 12.8 Å². The maximum absolute atomic E-state index is 13.1. The zero-order valence-electron chi connectivity index (χ0n) is 13.6. The number of carbonyl (C=O) groups excluding carboxylic acids is 1. The molecule has 0 saturated carbocycles. The highest BCUT2D eigenvalue weighted by molar-refractivity contribution is 7.09. The molecule has 4 rings (SSSR count). The third-order valence-corrected chi connectivity index (χ3v) is 5.63. The van der Waals surface area contributed by atoms with Crippen LogP contribution in [0.25, 0.3) is 0 Å². The number of hydrogen-bond donors (Lipinski definition) is 0. The van der Waals surface area contributed by atoms with Gasteiger partial charge in [0.1, 0.15) is 10.7 Å². The van der Waals surface area contributed by atoms with Crippen LogP contribution in [0.1, 0.15) is 53.6 Å². The summed E-state index contributed by atoms with van der Waals surface area (Å²) in [5.41, 5.74) is 0.496. The van der Waals surface area contributed by atoms with Crippen LogP contribution in [-0.2, 0) is 0 Å². The number of likely N-dealkylation sites (tertiary alicyclic amines) is 1. The number of hydrogen-bond acceptors (Lipinski definition) is 6. The van der Waals surface area contributed by atoms with E-state index >= 15 is 0 Å². The van der Waals surface area contributed by atoms with Crippen LogP contribution in [0.3, 0.4) is 0 Å². The molecule has 24 heavy (non-hydrogen) atoms. The van der Waals surface area contributed by atoms with E-state index < -0.39 is 0 Å². The largest absolute Gasteiger partial charge is 0.341 e. The summed E-state index contributed by atoms with van der Waals surface area (Å²) in [7, 11) is 0. The Morgan fingerprint density at radius 1 is 1.08 bits per heavy atom. The quantitative estimate of drug-likeness (QED) is 0.857. The van der Waals surface area contributed by atoms with Crippen molar-refractivity contribution in [3.63, 3.8) is 0 Å². The minimum atomic E-state index is -0.00209. The molecule has 0 aromatic carbocycles. The minimum absolute atomic E-state index is 0.00209. The van der Waals surface area contributed by atoms with Crippen molar-refractivity contribution in [1.29, 1.82) is 0 Å². The topological polar surface area (TPSA) is 62.2 Å². The Labute approximate surface area is 145 Å². The highest BCUT2D eigenvalue weighted by Crippen LogP contribution is 2.33. The Morgan fingerprint density at radius 2 is 1.92 bits per heavy atom. The van der Waals surface area contributed by atoms with Crippen LogP contribution in [0.5, 0.6) is 0 Å². The van der Waals surface area contributed by atoms with Gasteiger partial charge in [0.25, 0.3) is 5.91 Å². The van der Waals surface area contributed by atoms with E-state index in [2.05, 4.69) is 19.9 Å². The highest BCUT2D eigenvalue weighted by atomic mass is 32.1. The smallest absolute Gasteiger partial charge is 0.273 e. The number of nitrogens with zero attached hydrogens (tertiary/aromatic N) is 5. The van der Waals surface area contributed by atoms with Crippen LogP contribution in [0.4, 0.5) is 5.95 Å². The van der Waals surface area contributed by atoms with Gasteiger partial charge in [0, 0.05) is 37.4 Å². The minimum Gasteiger partial charge on any atom is -0.341 e. The number of piperidine rings is 1. The van der Waals surface area contributed by atoms with Gasteiger partial charge in [-0.2, -0.15) is 0 Å². The third-order valence-electron chi connectivity index (χ3n) is 4.75. The van der Waals surface area contributed by atoms with Crippen LogP contribution < -0.4 is 4.90 Å². The number of thiazole rings is 1. The zero-order chi connectivity index (χ0) is 16.4. The second-order valence-electron chi connectivity index (χ2n) is 6.32. The van der Waals surface area contributed by atoms with Crippen molar-refractivity contribution in [2.45, 2.75) is 38.1 Å². The van der Waals surface area contributed by atoms with Gasteiger partial charge in [0.15, 0.2) is 0 Å². The van der Waals surface area contributed by atoms with Crippen molar-refractivity contribution < 1.29 is 4.79 Å². The number of anilines is 1. The second kappa shape index (κ2) is 6.84. The molecule has 0 N–H and O–H groups in total. The van der Waals surface area contributed by atoms with Crippen LogP contribution >= 0.6 is 11.3 Å². The normalized spacial score (nSPS) is 21.2. The molecular weight excluding hydrogens is 322 g/mol. The molecule has 126 valence electrons. The predicted octanol–water partition coefficient (Wildman–Crippen LogP) is 2.90. The van der Waals surface area contributed by atoms with E-state index in [1.54, 1.807) is 23.6 Å². The van der Waals surface area contributed by atoms with Gasteiger partial charge in [-0.05, 0) is 38.2 Å². The summed E-state index contributed by atoms with van der Waals surface area (Å²) in [6.07, 6.45) is 9.00. The molecule has 7 heteroatoms. The lowest BCUT2D eigenvalue weighted by molar-refractivity contribution is 0.0605. The fourth-order valence-electron chi connectivity index (χ4n) is 3.51. The summed E-state index contributed by atoms with van der Waals surface area (Å²) >= 11 is 1.62. The van der Waals surface area contributed by atoms with E-state index in [4.69, 9.17) is 0 Å². The molecular formula is C17H21N5OS. The van der Waals surface area contributed by atoms with Gasteiger partial charge in [0.2, 0.25) is 5.95 Å². The molecule has 2 saturated heterocycles. The molecule has 0 unspecified atom stereocenters. The molecule has 1 amide bonds. The number of amides is 1. The van der Waals surface area contributed by atoms with Crippen molar-refractivity contribution >= 4 is 23.2 Å². The van der Waals surface area contributed by atoms with Crippen LogP contribution in [0, 0.1) is 0 Å². The Hall–Kier alpha value is -2.02. The number of carbonyl (C=O) groups is 1. The maximum atomic E-state index is 13.1. The molecule has 4 heterocycles. The molecule has 2 aromatic rings. The van der Waals surface area contributed by atoms with Crippen molar-refractivity contribution in [2.24, 2.45) is 0 Å². The molecule has 1 atom stereocenters. The van der Waals surface area contributed by atoms with E-state index in [0.717, 1.165) is 43.9 Å². The first-order valence-corrected chi connectivity index (χ1v) is 9.49. The van der Waals surface area contributed by atoms with Gasteiger partial charge in [0.05, 0.1) is 6.04 Å². The van der Waals surface area contributed by atoms with E-state index in [0.29, 0.717) is 11.6 Å². The second-order valence-corrected chi connectivity index (χ2v) is 7.24. The average Bonchev–Trinajstić information content (AvgIpc) is 3.35. The summed E-state index contributed by atoms with van der Waals surface area (Å²) in [6.45, 7) is 2.72. The fourth-order valence-corrected chi connectivity index (χ4v) is 4.30. The fraction of sp³-hybridized carbons (Fsp3) is 0.529. The lowest BCUT2D eigenvalue weighted by Crippen LogP contribution is -2.39. The number of aromatic nitrogens is 3. The van der Waals surface area contributed by atoms with Crippen molar-refractivity contribution in [3.05, 3.63) is 34.5 Å². The molecule has 0 radical (unpaired) electrons. The first kappa shape index (κ1) is 15.5. The summed E-state index contributed by atoms with van der Waals surface area (Å²) in [5.74, 6) is 0.680. The van der Waals surface area contributed by atoms with Crippen LogP contribution in [0.2, 0.25) is 0 Å². The van der Waals surface area contributed by atoms with E-state index in [-0.39, 0.29) is 11.9 Å². The highest BCUT2D eigenvalue weighted by Gasteiger charge is 2.31. The molecule has 0 aliphatic carbocycles. The summed E-state index contributed by atoms with van der Waals surface area (Å²) < 4.78 is 0. The molecule has 2 fully saturated rings. The first-order valence-electron chi connectivity index (χ1n) is 8.61. The molecule has 6 nitrogen and oxygen atoms in total. The van der Waals surface area contributed by atoms with Crippen LogP contribution in [-0.4, -0.2) is 45.4 Å². The predicted molar refractivity (Wildman–Crippen MR) is 93.2 cm³/mol. The lowest BCUT2D eigenvalue weighted by atomic mass is 10.0. The van der Waals surface area contributed by atoms with Gasteiger partial charge in [-0.1, -0.05) is 0 Å². The number of rotatable bonds is 3. The van der Waals surface area contributed by atoms with Gasteiger partial charge in [-0.3, -0.25) is 4.79 Å².